The molecule has 3 rings (SSSR count). The van der Waals surface area contributed by atoms with Gasteiger partial charge >= 0.3 is 0 Å². The number of H-pyrrole nitrogens is 1. The van der Waals surface area contributed by atoms with Crippen molar-refractivity contribution in [2.24, 2.45) is 0 Å². The number of aromatic amines is 1. The average molecular weight is 290 g/mol. The molecule has 0 spiro atoms. The van der Waals surface area contributed by atoms with E-state index in [1.165, 1.54) is 0 Å². The minimum Gasteiger partial charge on any atom is -0.331 e. The first-order valence-corrected chi connectivity index (χ1v) is 6.80. The largest absolute Gasteiger partial charge is 0.331 e. The molecule has 1 N–H and O–H groups in total. The highest BCUT2D eigenvalue weighted by molar-refractivity contribution is 7.71. The lowest BCUT2D eigenvalue weighted by Gasteiger charge is -2.04. The molecular formula is C14H12ClN3S. The molecule has 0 aliphatic rings. The van der Waals surface area contributed by atoms with Gasteiger partial charge < -0.3 is 9.55 Å². The Morgan fingerprint density at radius 2 is 2.16 bits per heavy atom. The summed E-state index contributed by atoms with van der Waals surface area (Å²) in [5.41, 5.74) is 3.11. The summed E-state index contributed by atoms with van der Waals surface area (Å²) >= 11 is 11.3. The predicted molar refractivity (Wildman–Crippen MR) is 80.1 cm³/mol. The van der Waals surface area contributed by atoms with Gasteiger partial charge in [-0.25, -0.2) is 0 Å². The van der Waals surface area contributed by atoms with Gasteiger partial charge in [-0.1, -0.05) is 17.7 Å². The lowest BCUT2D eigenvalue weighted by Crippen LogP contribution is -2.02. The molecule has 0 bridgehead atoms. The van der Waals surface area contributed by atoms with Crippen molar-refractivity contribution >= 4 is 34.9 Å². The highest BCUT2D eigenvalue weighted by atomic mass is 35.5. The van der Waals surface area contributed by atoms with Crippen LogP contribution in [0.1, 0.15) is 5.69 Å². The van der Waals surface area contributed by atoms with E-state index >= 15 is 0 Å². The molecule has 0 radical (unpaired) electrons. The summed E-state index contributed by atoms with van der Waals surface area (Å²) in [5.74, 6) is 0. The smallest absolute Gasteiger partial charge is 0.178 e. The summed E-state index contributed by atoms with van der Waals surface area (Å²) in [4.78, 5) is 7.50. The molecule has 0 aliphatic carbocycles. The Morgan fingerprint density at radius 3 is 2.95 bits per heavy atom. The summed E-state index contributed by atoms with van der Waals surface area (Å²) in [7, 11) is 0. The number of nitrogens with zero attached hydrogens (tertiary/aromatic N) is 2. The Balaban J connectivity index is 1.93. The fraction of sp³-hybridized carbons (Fsp3) is 0.143. The van der Waals surface area contributed by atoms with Gasteiger partial charge in [-0.3, -0.25) is 4.98 Å². The SMILES string of the molecule is S=c1[nH]c2cc(Cl)ccc2n1CCc1ccccn1. The molecule has 0 aliphatic heterocycles. The van der Waals surface area contributed by atoms with E-state index < -0.39 is 0 Å². The maximum atomic E-state index is 5.98. The summed E-state index contributed by atoms with van der Waals surface area (Å²) in [6.45, 7) is 0.803. The van der Waals surface area contributed by atoms with Crippen LogP contribution in [0.4, 0.5) is 0 Å². The second-order valence-electron chi connectivity index (χ2n) is 4.31. The van der Waals surface area contributed by atoms with Crippen LogP contribution in [-0.2, 0) is 13.0 Å². The molecule has 0 unspecified atom stereocenters. The topological polar surface area (TPSA) is 33.6 Å². The second kappa shape index (κ2) is 5.15. The van der Waals surface area contributed by atoms with Crippen LogP contribution in [0.5, 0.6) is 0 Å². The number of hydrogen-bond donors (Lipinski definition) is 1. The highest BCUT2D eigenvalue weighted by Gasteiger charge is 2.05. The monoisotopic (exact) mass is 289 g/mol. The van der Waals surface area contributed by atoms with Crippen molar-refractivity contribution in [3.8, 4) is 0 Å². The zero-order chi connectivity index (χ0) is 13.2. The van der Waals surface area contributed by atoms with E-state index in [0.717, 1.165) is 29.7 Å². The number of pyridine rings is 1. The lowest BCUT2D eigenvalue weighted by molar-refractivity contribution is 0.695. The zero-order valence-electron chi connectivity index (χ0n) is 10.1. The minimum absolute atomic E-state index is 0.709. The van der Waals surface area contributed by atoms with Gasteiger partial charge in [-0.05, 0) is 42.5 Å². The third-order valence-electron chi connectivity index (χ3n) is 3.05. The quantitative estimate of drug-likeness (QED) is 0.740. The normalized spacial score (nSPS) is 11.0. The molecule has 0 saturated heterocycles. The Labute approximate surface area is 120 Å². The molecule has 3 nitrogen and oxygen atoms in total. The van der Waals surface area contributed by atoms with Crippen LogP contribution in [0, 0.1) is 4.77 Å². The Bertz CT molecular complexity index is 761. The van der Waals surface area contributed by atoms with E-state index in [2.05, 4.69) is 14.5 Å². The first-order valence-electron chi connectivity index (χ1n) is 6.02. The van der Waals surface area contributed by atoms with Crippen LogP contribution in [0.3, 0.4) is 0 Å². The molecule has 2 aromatic heterocycles. The molecule has 19 heavy (non-hydrogen) atoms. The maximum Gasteiger partial charge on any atom is 0.178 e. The van der Waals surface area contributed by atoms with Gasteiger partial charge in [0, 0.05) is 29.9 Å². The molecule has 5 heteroatoms. The Kier molecular flexibility index (Phi) is 3.36. The average Bonchev–Trinajstić information content (AvgIpc) is 2.72. The third-order valence-corrected chi connectivity index (χ3v) is 3.61. The van der Waals surface area contributed by atoms with Crippen molar-refractivity contribution < 1.29 is 0 Å². The van der Waals surface area contributed by atoms with Crippen LogP contribution < -0.4 is 0 Å². The number of halogens is 1. The van der Waals surface area contributed by atoms with Crippen molar-refractivity contribution in [1.82, 2.24) is 14.5 Å². The van der Waals surface area contributed by atoms with E-state index in [-0.39, 0.29) is 0 Å². The van der Waals surface area contributed by atoms with Crippen molar-refractivity contribution in [1.29, 1.82) is 0 Å². The van der Waals surface area contributed by atoms with Crippen molar-refractivity contribution in [3.63, 3.8) is 0 Å². The third kappa shape index (κ3) is 2.55. The fourth-order valence-electron chi connectivity index (χ4n) is 2.13. The molecule has 1 aromatic carbocycles. The Hall–Kier alpha value is -1.65. The summed E-state index contributed by atoms with van der Waals surface area (Å²) < 4.78 is 2.79. The maximum absolute atomic E-state index is 5.98. The van der Waals surface area contributed by atoms with E-state index in [4.69, 9.17) is 23.8 Å². The molecule has 0 amide bonds. The molecule has 2 heterocycles. The Morgan fingerprint density at radius 1 is 1.26 bits per heavy atom. The van der Waals surface area contributed by atoms with Gasteiger partial charge in [0.25, 0.3) is 0 Å². The number of benzene rings is 1. The number of aryl methyl sites for hydroxylation is 2. The van der Waals surface area contributed by atoms with Gasteiger partial charge in [0.05, 0.1) is 11.0 Å². The van der Waals surface area contributed by atoms with Gasteiger partial charge in [0.1, 0.15) is 0 Å². The number of hydrogen-bond acceptors (Lipinski definition) is 2. The van der Waals surface area contributed by atoms with Gasteiger partial charge in [0.15, 0.2) is 4.77 Å². The number of rotatable bonds is 3. The lowest BCUT2D eigenvalue weighted by atomic mass is 10.2. The standard InChI is InChI=1S/C14H12ClN3S/c15-10-4-5-13-12(9-10)17-14(19)18(13)8-6-11-3-1-2-7-16-11/h1-5,7,9H,6,8H2,(H,17,19). The van der Waals surface area contributed by atoms with E-state index in [1.807, 2.05) is 42.6 Å². The molecular weight excluding hydrogens is 278 g/mol. The number of imidazole rings is 1. The highest BCUT2D eigenvalue weighted by Crippen LogP contribution is 2.19. The first-order chi connectivity index (χ1) is 9.24. The zero-order valence-corrected chi connectivity index (χ0v) is 11.7. The predicted octanol–water partition coefficient (Wildman–Crippen LogP) is 3.99. The minimum atomic E-state index is 0.709. The van der Waals surface area contributed by atoms with Gasteiger partial charge in [0.2, 0.25) is 0 Å². The van der Waals surface area contributed by atoms with E-state index in [0.29, 0.717) is 9.79 Å². The summed E-state index contributed by atoms with van der Waals surface area (Å²) in [6, 6.07) is 11.7. The molecule has 0 saturated carbocycles. The van der Waals surface area contributed by atoms with Crippen molar-refractivity contribution in [3.05, 3.63) is 58.1 Å². The van der Waals surface area contributed by atoms with Crippen LogP contribution in [0.25, 0.3) is 11.0 Å². The summed E-state index contributed by atoms with van der Waals surface area (Å²) in [6.07, 6.45) is 2.66. The molecule has 0 atom stereocenters. The van der Waals surface area contributed by atoms with Crippen LogP contribution in [0.15, 0.2) is 42.6 Å². The summed E-state index contributed by atoms with van der Waals surface area (Å²) in [5, 5.41) is 0.709. The molecule has 96 valence electrons. The van der Waals surface area contributed by atoms with E-state index in [1.54, 1.807) is 0 Å². The number of fused-ring (bicyclic) bond motifs is 1. The number of aromatic nitrogens is 3. The molecule has 0 fully saturated rings. The van der Waals surface area contributed by atoms with Gasteiger partial charge in [-0.2, -0.15) is 0 Å². The second-order valence-corrected chi connectivity index (χ2v) is 5.14. The van der Waals surface area contributed by atoms with Crippen LogP contribution in [0.2, 0.25) is 5.02 Å². The van der Waals surface area contributed by atoms with Crippen LogP contribution >= 0.6 is 23.8 Å². The van der Waals surface area contributed by atoms with Crippen LogP contribution in [-0.4, -0.2) is 14.5 Å². The fourth-order valence-corrected chi connectivity index (χ4v) is 2.60. The van der Waals surface area contributed by atoms with Gasteiger partial charge in [-0.15, -0.1) is 0 Å². The van der Waals surface area contributed by atoms with E-state index in [9.17, 15) is 0 Å². The molecule has 3 aromatic rings. The first kappa shape index (κ1) is 12.4. The van der Waals surface area contributed by atoms with Crippen molar-refractivity contribution in [2.75, 3.05) is 0 Å². The van der Waals surface area contributed by atoms with Crippen molar-refractivity contribution in [2.45, 2.75) is 13.0 Å². The number of nitrogens with one attached hydrogen (secondary N) is 1.